The van der Waals surface area contributed by atoms with Crippen LogP contribution in [0, 0.1) is 5.92 Å². The summed E-state index contributed by atoms with van der Waals surface area (Å²) in [5, 5.41) is 5.24. The Balaban J connectivity index is 1.33. The highest BCUT2D eigenvalue weighted by Crippen LogP contribution is 2.30. The second-order valence-corrected chi connectivity index (χ2v) is 8.05. The number of aromatic nitrogens is 1. The fraction of sp³-hybridized carbons (Fsp3) is 0.450. The van der Waals surface area contributed by atoms with Gasteiger partial charge in [-0.3, -0.25) is 14.6 Å². The molecule has 1 aliphatic carbocycles. The average molecular weight is 369 g/mol. The van der Waals surface area contributed by atoms with Crippen molar-refractivity contribution in [1.82, 2.24) is 15.2 Å². The lowest BCUT2D eigenvalue weighted by Crippen LogP contribution is -2.32. The highest BCUT2D eigenvalue weighted by atomic mass is 32.1. The van der Waals surface area contributed by atoms with Crippen LogP contribution in [0.5, 0.6) is 0 Å². The SMILES string of the molecule is O=C(NCc1csc2c1CCCC2)[C@H]1CC(=O)N(Cc2ccccn2)C1. The number of carbonyl (C=O) groups is 2. The van der Waals surface area contributed by atoms with E-state index in [1.54, 1.807) is 11.1 Å². The first-order valence-corrected chi connectivity index (χ1v) is 10.1. The summed E-state index contributed by atoms with van der Waals surface area (Å²) in [7, 11) is 0. The molecule has 0 radical (unpaired) electrons. The van der Waals surface area contributed by atoms with E-state index in [1.165, 1.54) is 35.3 Å². The van der Waals surface area contributed by atoms with E-state index in [2.05, 4.69) is 15.7 Å². The molecule has 1 N–H and O–H groups in total. The number of carbonyl (C=O) groups excluding carboxylic acids is 2. The van der Waals surface area contributed by atoms with Crippen molar-refractivity contribution in [2.75, 3.05) is 6.54 Å². The van der Waals surface area contributed by atoms with E-state index in [0.717, 1.165) is 12.1 Å². The quantitative estimate of drug-likeness (QED) is 0.881. The first-order chi connectivity index (χ1) is 12.7. The molecule has 0 bridgehead atoms. The molecule has 4 rings (SSSR count). The molecule has 2 aromatic heterocycles. The molecule has 1 atom stereocenters. The van der Waals surface area contributed by atoms with Gasteiger partial charge in [-0.15, -0.1) is 11.3 Å². The molecular formula is C20H23N3O2S. The normalized spacial score (nSPS) is 19.5. The number of nitrogens with zero attached hydrogens (tertiary/aromatic N) is 2. The van der Waals surface area contributed by atoms with Gasteiger partial charge in [0.15, 0.2) is 0 Å². The minimum absolute atomic E-state index is 0.0161. The maximum absolute atomic E-state index is 12.5. The van der Waals surface area contributed by atoms with Crippen molar-refractivity contribution in [3.63, 3.8) is 0 Å². The third-order valence-electron chi connectivity index (χ3n) is 5.27. The monoisotopic (exact) mass is 369 g/mol. The molecule has 1 fully saturated rings. The van der Waals surface area contributed by atoms with Gasteiger partial charge in [-0.05, 0) is 54.3 Å². The average Bonchev–Trinajstić information content (AvgIpc) is 3.24. The van der Waals surface area contributed by atoms with Gasteiger partial charge in [-0.2, -0.15) is 0 Å². The summed E-state index contributed by atoms with van der Waals surface area (Å²) in [5.74, 6) is -0.248. The maximum atomic E-state index is 12.5. The van der Waals surface area contributed by atoms with Crippen LogP contribution < -0.4 is 5.32 Å². The Hall–Kier alpha value is -2.21. The number of fused-ring (bicyclic) bond motifs is 1. The largest absolute Gasteiger partial charge is 0.352 e. The summed E-state index contributed by atoms with van der Waals surface area (Å²) in [6.07, 6.45) is 6.83. The highest BCUT2D eigenvalue weighted by molar-refractivity contribution is 7.10. The first-order valence-electron chi connectivity index (χ1n) is 9.24. The number of rotatable bonds is 5. The van der Waals surface area contributed by atoms with Crippen molar-refractivity contribution in [2.45, 2.75) is 45.2 Å². The molecule has 5 nitrogen and oxygen atoms in total. The van der Waals surface area contributed by atoms with Gasteiger partial charge in [0.05, 0.1) is 18.2 Å². The van der Waals surface area contributed by atoms with Crippen LogP contribution in [0.15, 0.2) is 29.8 Å². The van der Waals surface area contributed by atoms with Gasteiger partial charge in [-0.1, -0.05) is 6.07 Å². The Kier molecular flexibility index (Phi) is 5.02. The number of nitrogens with one attached hydrogen (secondary N) is 1. The lowest BCUT2D eigenvalue weighted by atomic mass is 9.96. The van der Waals surface area contributed by atoms with Crippen LogP contribution in [0.2, 0.25) is 0 Å². The van der Waals surface area contributed by atoms with E-state index in [1.807, 2.05) is 29.5 Å². The molecule has 1 aliphatic heterocycles. The van der Waals surface area contributed by atoms with Gasteiger partial charge >= 0.3 is 0 Å². The molecule has 2 aliphatic rings. The molecule has 0 spiro atoms. The first kappa shape index (κ1) is 17.2. The van der Waals surface area contributed by atoms with Crippen molar-refractivity contribution in [1.29, 1.82) is 0 Å². The summed E-state index contributed by atoms with van der Waals surface area (Å²) >= 11 is 1.82. The van der Waals surface area contributed by atoms with E-state index in [9.17, 15) is 9.59 Å². The zero-order valence-corrected chi connectivity index (χ0v) is 15.6. The summed E-state index contributed by atoms with van der Waals surface area (Å²) in [5.41, 5.74) is 3.56. The number of pyridine rings is 1. The Labute approximate surface area is 157 Å². The topological polar surface area (TPSA) is 62.3 Å². The molecule has 0 unspecified atom stereocenters. The molecule has 26 heavy (non-hydrogen) atoms. The third kappa shape index (κ3) is 3.65. The van der Waals surface area contributed by atoms with Crippen LogP contribution in [-0.4, -0.2) is 28.2 Å². The molecule has 2 amide bonds. The predicted octanol–water partition coefficient (Wildman–Crippen LogP) is 2.69. The van der Waals surface area contributed by atoms with Crippen LogP contribution in [0.3, 0.4) is 0 Å². The van der Waals surface area contributed by atoms with Gasteiger partial charge in [0.2, 0.25) is 11.8 Å². The standard InChI is InChI=1S/C20H23N3O2S/c24-19-9-14(11-23(19)12-16-5-3-4-8-21-16)20(25)22-10-15-13-26-18-7-2-1-6-17(15)18/h3-5,8,13-14H,1-2,6-7,9-12H2,(H,22,25)/t14-/m0/s1. The molecule has 0 aromatic carbocycles. The number of hydrogen-bond acceptors (Lipinski definition) is 4. The van der Waals surface area contributed by atoms with Gasteiger partial charge in [-0.25, -0.2) is 0 Å². The molecular weight excluding hydrogens is 346 g/mol. The van der Waals surface area contributed by atoms with Gasteiger partial charge in [0.25, 0.3) is 0 Å². The smallest absolute Gasteiger partial charge is 0.225 e. The Morgan fingerprint density at radius 2 is 2.19 bits per heavy atom. The Bertz CT molecular complexity index is 803. The molecule has 6 heteroatoms. The van der Waals surface area contributed by atoms with Crippen molar-refractivity contribution in [3.8, 4) is 0 Å². The Morgan fingerprint density at radius 1 is 1.31 bits per heavy atom. The van der Waals surface area contributed by atoms with Gasteiger partial charge < -0.3 is 10.2 Å². The lowest BCUT2D eigenvalue weighted by Gasteiger charge is -2.16. The van der Waals surface area contributed by atoms with Gasteiger partial charge in [0, 0.05) is 30.6 Å². The minimum Gasteiger partial charge on any atom is -0.352 e. The summed E-state index contributed by atoms with van der Waals surface area (Å²) in [4.78, 5) is 32.3. The fourth-order valence-electron chi connectivity index (χ4n) is 3.82. The summed E-state index contributed by atoms with van der Waals surface area (Å²) in [6.45, 7) is 1.53. The van der Waals surface area contributed by atoms with Crippen LogP contribution in [0.1, 0.15) is 41.0 Å². The van der Waals surface area contributed by atoms with Crippen molar-refractivity contribution in [2.24, 2.45) is 5.92 Å². The van der Waals surface area contributed by atoms with Crippen molar-refractivity contribution in [3.05, 3.63) is 51.5 Å². The van der Waals surface area contributed by atoms with Crippen molar-refractivity contribution >= 4 is 23.2 Å². The molecule has 2 aromatic rings. The third-order valence-corrected chi connectivity index (χ3v) is 6.40. The highest BCUT2D eigenvalue weighted by Gasteiger charge is 2.34. The summed E-state index contributed by atoms with van der Waals surface area (Å²) < 4.78 is 0. The van der Waals surface area contributed by atoms with Crippen LogP contribution >= 0.6 is 11.3 Å². The zero-order chi connectivity index (χ0) is 17.9. The number of amides is 2. The predicted molar refractivity (Wildman–Crippen MR) is 101 cm³/mol. The molecule has 136 valence electrons. The van der Waals surface area contributed by atoms with E-state index in [4.69, 9.17) is 0 Å². The molecule has 0 saturated carbocycles. The van der Waals surface area contributed by atoms with E-state index in [-0.39, 0.29) is 17.7 Å². The molecule has 1 saturated heterocycles. The molecule has 3 heterocycles. The number of aryl methyl sites for hydroxylation is 1. The van der Waals surface area contributed by atoms with Crippen LogP contribution in [-0.2, 0) is 35.5 Å². The fourth-order valence-corrected chi connectivity index (χ4v) is 4.97. The van der Waals surface area contributed by atoms with Crippen LogP contribution in [0.25, 0.3) is 0 Å². The number of hydrogen-bond donors (Lipinski definition) is 1. The van der Waals surface area contributed by atoms with Crippen molar-refractivity contribution < 1.29 is 9.59 Å². The Morgan fingerprint density at radius 3 is 3.04 bits per heavy atom. The number of likely N-dealkylation sites (tertiary alicyclic amines) is 1. The van der Waals surface area contributed by atoms with Crippen LogP contribution in [0.4, 0.5) is 0 Å². The minimum atomic E-state index is -0.263. The lowest BCUT2D eigenvalue weighted by molar-refractivity contribution is -0.129. The van der Waals surface area contributed by atoms with E-state index in [0.29, 0.717) is 26.1 Å². The van der Waals surface area contributed by atoms with E-state index < -0.39 is 0 Å². The number of thiophene rings is 1. The second-order valence-electron chi connectivity index (χ2n) is 7.08. The maximum Gasteiger partial charge on any atom is 0.225 e. The summed E-state index contributed by atoms with van der Waals surface area (Å²) in [6, 6.07) is 5.67. The van der Waals surface area contributed by atoms with Gasteiger partial charge in [0.1, 0.15) is 0 Å². The second kappa shape index (κ2) is 7.58. The zero-order valence-electron chi connectivity index (χ0n) is 14.7. The van der Waals surface area contributed by atoms with E-state index >= 15 is 0 Å².